The monoisotopic (exact) mass is 285 g/mol. The molecule has 4 heteroatoms. The molecule has 2 aromatic rings. The van der Waals surface area contributed by atoms with Crippen LogP contribution in [0.3, 0.4) is 0 Å². The lowest BCUT2D eigenvalue weighted by Crippen LogP contribution is -1.81. The van der Waals surface area contributed by atoms with Gasteiger partial charge >= 0.3 is 0 Å². The van der Waals surface area contributed by atoms with Crippen molar-refractivity contribution in [3.63, 3.8) is 0 Å². The van der Waals surface area contributed by atoms with E-state index in [-0.39, 0.29) is 0 Å². The fraction of sp³-hybridized carbons (Fsp3) is 0.182. The highest BCUT2D eigenvalue weighted by Crippen LogP contribution is 2.28. The molecule has 0 saturated heterocycles. The molecule has 0 radical (unpaired) electrons. The number of hydrogen-bond acceptors (Lipinski definition) is 2. The van der Waals surface area contributed by atoms with Crippen molar-refractivity contribution >= 4 is 27.5 Å². The number of benzene rings is 1. The van der Waals surface area contributed by atoms with Crippen molar-refractivity contribution in [3.05, 3.63) is 40.1 Å². The molecule has 0 spiro atoms. The van der Waals surface area contributed by atoms with Crippen molar-refractivity contribution in [1.29, 1.82) is 0 Å². The summed E-state index contributed by atoms with van der Waals surface area (Å²) in [5.41, 5.74) is 3.01. The Morgan fingerprint density at radius 2 is 2.20 bits per heavy atom. The van der Waals surface area contributed by atoms with Gasteiger partial charge in [0.1, 0.15) is 5.69 Å². The molecule has 0 bridgehead atoms. The molecule has 15 heavy (non-hydrogen) atoms. The van der Waals surface area contributed by atoms with Crippen molar-refractivity contribution in [3.8, 4) is 11.3 Å². The molecule has 0 aliphatic heterocycles. The average molecular weight is 287 g/mol. The molecule has 2 rings (SSSR count). The van der Waals surface area contributed by atoms with E-state index in [1.54, 1.807) is 0 Å². The third kappa shape index (κ3) is 2.24. The topological polar surface area (TPSA) is 26.0 Å². The number of halogens is 2. The summed E-state index contributed by atoms with van der Waals surface area (Å²) in [6, 6.07) is 7.95. The Labute approximate surface area is 101 Å². The molecule has 78 valence electrons. The Morgan fingerprint density at radius 3 is 2.87 bits per heavy atom. The predicted molar refractivity (Wildman–Crippen MR) is 63.9 cm³/mol. The summed E-state index contributed by atoms with van der Waals surface area (Å²) in [4.78, 5) is 0. The molecular weight excluding hydrogens is 277 g/mol. The van der Waals surface area contributed by atoms with E-state index in [4.69, 9.17) is 16.1 Å². The van der Waals surface area contributed by atoms with Crippen LogP contribution in [0.2, 0.25) is 0 Å². The van der Waals surface area contributed by atoms with Crippen LogP contribution in [0.4, 0.5) is 0 Å². The highest BCUT2D eigenvalue weighted by Gasteiger charge is 2.09. The second-order valence-electron chi connectivity index (χ2n) is 3.30. The lowest BCUT2D eigenvalue weighted by Gasteiger charge is -2.00. The van der Waals surface area contributed by atoms with E-state index in [1.807, 2.05) is 25.1 Å². The first kappa shape index (κ1) is 10.7. The van der Waals surface area contributed by atoms with Crippen molar-refractivity contribution in [2.75, 3.05) is 0 Å². The lowest BCUT2D eigenvalue weighted by atomic mass is 10.1. The van der Waals surface area contributed by atoms with Crippen LogP contribution in [0, 0.1) is 6.92 Å². The van der Waals surface area contributed by atoms with Crippen molar-refractivity contribution in [2.24, 2.45) is 0 Å². The number of alkyl halides is 1. The molecule has 0 aliphatic carbocycles. The van der Waals surface area contributed by atoms with Crippen molar-refractivity contribution in [2.45, 2.75) is 12.8 Å². The summed E-state index contributed by atoms with van der Waals surface area (Å²) in [7, 11) is 0. The van der Waals surface area contributed by atoms with Gasteiger partial charge in [-0.15, -0.1) is 11.6 Å². The van der Waals surface area contributed by atoms with Crippen LogP contribution in [-0.4, -0.2) is 5.16 Å². The quantitative estimate of drug-likeness (QED) is 0.775. The highest BCUT2D eigenvalue weighted by atomic mass is 79.9. The molecule has 1 aromatic carbocycles. The van der Waals surface area contributed by atoms with Crippen LogP contribution in [0.1, 0.15) is 11.3 Å². The summed E-state index contributed by atoms with van der Waals surface area (Å²) < 4.78 is 6.06. The van der Waals surface area contributed by atoms with Crippen molar-refractivity contribution in [1.82, 2.24) is 5.16 Å². The van der Waals surface area contributed by atoms with Gasteiger partial charge in [0, 0.05) is 16.1 Å². The van der Waals surface area contributed by atoms with E-state index in [9.17, 15) is 0 Å². The van der Waals surface area contributed by atoms with Crippen LogP contribution in [0.25, 0.3) is 11.3 Å². The number of rotatable bonds is 2. The third-order valence-corrected chi connectivity index (χ3v) is 3.04. The number of nitrogens with zero attached hydrogens (tertiary/aromatic N) is 1. The maximum Gasteiger partial charge on any atom is 0.152 e. The summed E-state index contributed by atoms with van der Waals surface area (Å²) in [5.74, 6) is 1.02. The number of hydrogen-bond donors (Lipinski definition) is 0. The van der Waals surface area contributed by atoms with Gasteiger partial charge in [-0.05, 0) is 19.1 Å². The molecule has 0 atom stereocenters. The zero-order valence-corrected chi connectivity index (χ0v) is 10.5. The minimum Gasteiger partial charge on any atom is -0.359 e. The van der Waals surface area contributed by atoms with Gasteiger partial charge in [0.05, 0.1) is 5.88 Å². The van der Waals surface area contributed by atoms with Crippen molar-refractivity contribution < 1.29 is 4.52 Å². The van der Waals surface area contributed by atoms with Gasteiger partial charge in [-0.1, -0.05) is 32.7 Å². The molecule has 2 nitrogen and oxygen atoms in total. The van der Waals surface area contributed by atoms with E-state index >= 15 is 0 Å². The summed E-state index contributed by atoms with van der Waals surface area (Å²) in [5, 5.41) is 3.97. The Hall–Kier alpha value is -0.800. The summed E-state index contributed by atoms with van der Waals surface area (Å²) in [6.07, 6.45) is 0. The van der Waals surface area contributed by atoms with Gasteiger partial charge in [-0.3, -0.25) is 0 Å². The predicted octanol–water partition coefficient (Wildman–Crippen LogP) is 4.15. The van der Waals surface area contributed by atoms with E-state index in [2.05, 4.69) is 27.2 Å². The Bertz CT molecular complexity index is 481. The van der Waals surface area contributed by atoms with Gasteiger partial charge in [0.2, 0.25) is 0 Å². The normalized spacial score (nSPS) is 10.6. The number of aryl methyl sites for hydroxylation is 1. The van der Waals surface area contributed by atoms with E-state index < -0.39 is 0 Å². The second-order valence-corrected chi connectivity index (χ2v) is 4.42. The van der Waals surface area contributed by atoms with Gasteiger partial charge in [-0.25, -0.2) is 0 Å². The molecule has 0 fully saturated rings. The summed E-state index contributed by atoms with van der Waals surface area (Å²) in [6.45, 7) is 2.04. The fourth-order valence-corrected chi connectivity index (χ4v) is 1.91. The lowest BCUT2D eigenvalue weighted by molar-refractivity contribution is 0.396. The standard InChI is InChI=1S/C11H9BrClNO/c1-7-2-3-10(12)9(4-7)11-5-8(6-13)15-14-11/h2-5H,6H2,1H3. The van der Waals surface area contributed by atoms with Crippen LogP contribution in [-0.2, 0) is 5.88 Å². The Kier molecular flexibility index (Phi) is 3.12. The highest BCUT2D eigenvalue weighted by molar-refractivity contribution is 9.10. The van der Waals surface area contributed by atoms with E-state index in [1.165, 1.54) is 5.56 Å². The van der Waals surface area contributed by atoms with Gasteiger partial charge in [-0.2, -0.15) is 0 Å². The maximum absolute atomic E-state index is 5.65. The average Bonchev–Trinajstić information content (AvgIpc) is 2.70. The maximum atomic E-state index is 5.65. The fourth-order valence-electron chi connectivity index (χ4n) is 1.34. The molecular formula is C11H9BrClNO. The minimum atomic E-state index is 0.344. The zero-order valence-electron chi connectivity index (χ0n) is 8.13. The van der Waals surface area contributed by atoms with E-state index in [0.29, 0.717) is 11.6 Å². The Morgan fingerprint density at radius 1 is 1.40 bits per heavy atom. The molecule has 0 aliphatic rings. The molecule has 0 amide bonds. The summed E-state index contributed by atoms with van der Waals surface area (Å²) >= 11 is 9.14. The molecule has 0 unspecified atom stereocenters. The molecule has 0 saturated carbocycles. The first-order valence-electron chi connectivity index (χ1n) is 4.49. The van der Waals surface area contributed by atoms with Crippen LogP contribution >= 0.6 is 27.5 Å². The number of aromatic nitrogens is 1. The van der Waals surface area contributed by atoms with Gasteiger partial charge in [0.25, 0.3) is 0 Å². The SMILES string of the molecule is Cc1ccc(Br)c(-c2cc(CCl)on2)c1. The first-order chi connectivity index (χ1) is 7.20. The van der Waals surface area contributed by atoms with Crippen LogP contribution in [0.5, 0.6) is 0 Å². The minimum absolute atomic E-state index is 0.344. The smallest absolute Gasteiger partial charge is 0.152 e. The third-order valence-electron chi connectivity index (χ3n) is 2.09. The first-order valence-corrected chi connectivity index (χ1v) is 5.81. The second kappa shape index (κ2) is 4.37. The van der Waals surface area contributed by atoms with Gasteiger partial charge in [0.15, 0.2) is 5.76 Å². The molecule has 1 heterocycles. The van der Waals surface area contributed by atoms with Crippen LogP contribution in [0.15, 0.2) is 33.3 Å². The van der Waals surface area contributed by atoms with Crippen LogP contribution < -0.4 is 0 Å². The molecule has 0 N–H and O–H groups in total. The van der Waals surface area contributed by atoms with Gasteiger partial charge < -0.3 is 4.52 Å². The molecule has 1 aromatic heterocycles. The largest absolute Gasteiger partial charge is 0.359 e. The van der Waals surface area contributed by atoms with E-state index in [0.717, 1.165) is 15.7 Å². The zero-order chi connectivity index (χ0) is 10.8. The Balaban J connectivity index is 2.48.